The minimum atomic E-state index is -2.52. The fourth-order valence-electron chi connectivity index (χ4n) is 3.64. The lowest BCUT2D eigenvalue weighted by Crippen LogP contribution is -2.63. The molecule has 6 N–H and O–H groups in total. The third kappa shape index (κ3) is 4.36. The number of phenolic OH excluding ortho intramolecular Hbond substituents is 1. The van der Waals surface area contributed by atoms with E-state index >= 15 is 0 Å². The number of nitrogens with zero attached hydrogens (tertiary/aromatic N) is 1. The Labute approximate surface area is 179 Å². The average Bonchev–Trinajstić information content (AvgIpc) is 2.77. The summed E-state index contributed by atoms with van der Waals surface area (Å²) in [7, 11) is 0. The Morgan fingerprint density at radius 3 is 2.39 bits per heavy atom. The number of phenols is 1. The summed E-state index contributed by atoms with van der Waals surface area (Å²) < 4.78 is 11.0. The molecule has 166 valence electrons. The van der Waals surface area contributed by atoms with E-state index in [9.17, 15) is 35.9 Å². The molecule has 0 aromatic heterocycles. The summed E-state index contributed by atoms with van der Waals surface area (Å²) in [5.41, 5.74) is 1.44. The van der Waals surface area contributed by atoms with Crippen LogP contribution in [0.3, 0.4) is 0 Å². The van der Waals surface area contributed by atoms with Gasteiger partial charge >= 0.3 is 0 Å². The van der Waals surface area contributed by atoms with Crippen molar-refractivity contribution in [3.8, 4) is 17.6 Å². The molecule has 0 amide bonds. The van der Waals surface area contributed by atoms with E-state index in [1.807, 2.05) is 0 Å². The molecule has 1 aliphatic heterocycles. The first-order valence-electron chi connectivity index (χ1n) is 9.78. The Bertz CT molecular complexity index is 955. The lowest BCUT2D eigenvalue weighted by atomic mass is 9.85. The number of benzene rings is 2. The molecule has 0 bridgehead atoms. The second kappa shape index (κ2) is 9.20. The molecular weight excluding hydrogens is 406 g/mol. The smallest absolute Gasteiger partial charge is 0.226 e. The molecule has 1 aliphatic rings. The standard InChI is InChI=1S/C22H25NO8/c1-2-30-17-9-14(10-23)13(7-12-3-5-15(25)6-4-12)8-16(17)22(29)21(28)20(27)19(26)18(11-24)31-22/h3-6,8-9,18-21,24-29H,2,7,11H2,1H3/t18-,19-,20+,21-,22-/m1/s1. The summed E-state index contributed by atoms with van der Waals surface area (Å²) in [6.45, 7) is 1.15. The van der Waals surface area contributed by atoms with Crippen molar-refractivity contribution in [1.82, 2.24) is 0 Å². The van der Waals surface area contributed by atoms with Gasteiger partial charge in [0.25, 0.3) is 0 Å². The van der Waals surface area contributed by atoms with Crippen molar-refractivity contribution in [2.24, 2.45) is 0 Å². The number of rotatable bonds is 6. The van der Waals surface area contributed by atoms with Gasteiger partial charge in [-0.15, -0.1) is 0 Å². The Morgan fingerprint density at radius 2 is 1.81 bits per heavy atom. The van der Waals surface area contributed by atoms with Gasteiger partial charge in [-0.05, 0) is 48.7 Å². The van der Waals surface area contributed by atoms with E-state index in [0.717, 1.165) is 5.56 Å². The number of hydrogen-bond acceptors (Lipinski definition) is 9. The van der Waals surface area contributed by atoms with Crippen molar-refractivity contribution in [2.45, 2.75) is 43.5 Å². The molecule has 2 aromatic rings. The number of aliphatic hydroxyl groups is 5. The highest BCUT2D eigenvalue weighted by atomic mass is 16.7. The Morgan fingerprint density at radius 1 is 1.13 bits per heavy atom. The maximum absolute atomic E-state index is 11.2. The zero-order valence-electron chi connectivity index (χ0n) is 16.8. The fraction of sp³-hybridized carbons (Fsp3) is 0.409. The van der Waals surface area contributed by atoms with Crippen molar-refractivity contribution >= 4 is 0 Å². The predicted molar refractivity (Wildman–Crippen MR) is 107 cm³/mol. The molecule has 3 rings (SSSR count). The van der Waals surface area contributed by atoms with E-state index in [4.69, 9.17) is 9.47 Å². The van der Waals surface area contributed by atoms with Crippen LogP contribution >= 0.6 is 0 Å². The molecule has 1 fully saturated rings. The first kappa shape index (κ1) is 23.0. The zero-order valence-corrected chi connectivity index (χ0v) is 16.8. The third-order valence-corrected chi connectivity index (χ3v) is 5.31. The van der Waals surface area contributed by atoms with Gasteiger partial charge in [-0.3, -0.25) is 0 Å². The lowest BCUT2D eigenvalue weighted by molar-refractivity contribution is -0.358. The van der Waals surface area contributed by atoms with Crippen molar-refractivity contribution in [3.63, 3.8) is 0 Å². The number of aromatic hydroxyl groups is 1. The Kier molecular flexibility index (Phi) is 6.81. The normalized spacial score (nSPS) is 28.2. The molecule has 1 saturated heterocycles. The van der Waals surface area contributed by atoms with Crippen LogP contribution in [-0.2, 0) is 16.9 Å². The first-order valence-corrected chi connectivity index (χ1v) is 9.78. The lowest BCUT2D eigenvalue weighted by Gasteiger charge is -2.46. The number of ether oxygens (including phenoxy) is 2. The van der Waals surface area contributed by atoms with Gasteiger partial charge in [-0.25, -0.2) is 0 Å². The van der Waals surface area contributed by atoms with Crippen LogP contribution in [0.15, 0.2) is 36.4 Å². The van der Waals surface area contributed by atoms with Crippen LogP contribution in [-0.4, -0.2) is 68.3 Å². The average molecular weight is 431 g/mol. The van der Waals surface area contributed by atoms with Gasteiger partial charge in [0.1, 0.15) is 35.9 Å². The summed E-state index contributed by atoms with van der Waals surface area (Å²) in [6, 6.07) is 11.3. The second-order valence-electron chi connectivity index (χ2n) is 7.35. The van der Waals surface area contributed by atoms with Crippen LogP contribution < -0.4 is 4.74 Å². The second-order valence-corrected chi connectivity index (χ2v) is 7.35. The third-order valence-electron chi connectivity index (χ3n) is 5.31. The number of nitriles is 1. The van der Waals surface area contributed by atoms with Crippen molar-refractivity contribution in [3.05, 3.63) is 58.7 Å². The quantitative estimate of drug-likeness (QED) is 0.366. The Balaban J connectivity index is 2.13. The summed E-state index contributed by atoms with van der Waals surface area (Å²) in [5, 5.41) is 70.6. The minimum absolute atomic E-state index is 0.0512. The molecule has 31 heavy (non-hydrogen) atoms. The SMILES string of the molecule is CCOc1cc(C#N)c(Cc2ccc(O)cc2)cc1[C@@]1(O)O[C@H](CO)[C@@H](O)[C@H](O)[C@H]1O. The summed E-state index contributed by atoms with van der Waals surface area (Å²) in [6.07, 6.45) is -6.50. The van der Waals surface area contributed by atoms with Gasteiger partial charge in [-0.2, -0.15) is 5.26 Å². The van der Waals surface area contributed by atoms with Crippen LogP contribution in [0, 0.1) is 11.3 Å². The van der Waals surface area contributed by atoms with Gasteiger partial charge in [-0.1, -0.05) is 12.1 Å². The highest BCUT2D eigenvalue weighted by molar-refractivity contribution is 5.52. The van der Waals surface area contributed by atoms with Crippen LogP contribution in [0.25, 0.3) is 0 Å². The fourth-order valence-corrected chi connectivity index (χ4v) is 3.64. The van der Waals surface area contributed by atoms with Crippen molar-refractivity contribution in [1.29, 1.82) is 5.26 Å². The maximum Gasteiger partial charge on any atom is 0.226 e. The molecule has 2 aromatic carbocycles. The highest BCUT2D eigenvalue weighted by Gasteiger charge is 2.54. The molecule has 0 radical (unpaired) electrons. The van der Waals surface area contributed by atoms with Gasteiger partial charge in [0.15, 0.2) is 0 Å². The largest absolute Gasteiger partial charge is 0.508 e. The molecule has 1 heterocycles. The van der Waals surface area contributed by atoms with Crippen molar-refractivity contribution < 1.29 is 40.1 Å². The molecule has 0 unspecified atom stereocenters. The monoisotopic (exact) mass is 431 g/mol. The van der Waals surface area contributed by atoms with Gasteiger partial charge in [0.05, 0.1) is 30.4 Å². The van der Waals surface area contributed by atoms with Crippen LogP contribution in [0.1, 0.15) is 29.2 Å². The van der Waals surface area contributed by atoms with E-state index in [0.29, 0.717) is 5.56 Å². The van der Waals surface area contributed by atoms with Gasteiger partial charge in [0.2, 0.25) is 5.79 Å². The predicted octanol–water partition coefficient (Wildman–Crippen LogP) is -0.128. The summed E-state index contributed by atoms with van der Waals surface area (Å²) in [4.78, 5) is 0. The van der Waals surface area contributed by atoms with E-state index in [2.05, 4.69) is 6.07 Å². The first-order chi connectivity index (χ1) is 14.7. The van der Waals surface area contributed by atoms with Crippen LogP contribution in [0.4, 0.5) is 0 Å². The highest BCUT2D eigenvalue weighted by Crippen LogP contribution is 2.42. The molecule has 9 heteroatoms. The minimum Gasteiger partial charge on any atom is -0.508 e. The van der Waals surface area contributed by atoms with Gasteiger partial charge < -0.3 is 40.1 Å². The Hall–Kier alpha value is -2.71. The maximum atomic E-state index is 11.2. The van der Waals surface area contributed by atoms with Crippen LogP contribution in [0.2, 0.25) is 0 Å². The topological polar surface area (TPSA) is 164 Å². The molecular formula is C22H25NO8. The summed E-state index contributed by atoms with van der Waals surface area (Å²) >= 11 is 0. The van der Waals surface area contributed by atoms with E-state index in [1.54, 1.807) is 19.1 Å². The number of aliphatic hydroxyl groups excluding tert-OH is 4. The van der Waals surface area contributed by atoms with E-state index < -0.39 is 36.8 Å². The zero-order chi connectivity index (χ0) is 22.8. The molecule has 0 saturated carbocycles. The molecule has 5 atom stereocenters. The van der Waals surface area contributed by atoms with E-state index in [-0.39, 0.29) is 35.7 Å². The number of hydrogen-bond donors (Lipinski definition) is 6. The van der Waals surface area contributed by atoms with Gasteiger partial charge in [0, 0.05) is 0 Å². The molecule has 9 nitrogen and oxygen atoms in total. The van der Waals surface area contributed by atoms with Crippen molar-refractivity contribution in [2.75, 3.05) is 13.2 Å². The van der Waals surface area contributed by atoms with E-state index in [1.165, 1.54) is 24.3 Å². The summed E-state index contributed by atoms with van der Waals surface area (Å²) in [5.74, 6) is -2.38. The molecule has 0 spiro atoms. The molecule has 0 aliphatic carbocycles. The van der Waals surface area contributed by atoms with Crippen LogP contribution in [0.5, 0.6) is 11.5 Å².